The van der Waals surface area contributed by atoms with Gasteiger partial charge in [-0.3, -0.25) is 5.10 Å². The molecule has 0 radical (unpaired) electrons. The van der Waals surface area contributed by atoms with Crippen molar-refractivity contribution in [2.24, 2.45) is 0 Å². The molecule has 0 unspecified atom stereocenters. The monoisotopic (exact) mass is 229 g/mol. The van der Waals surface area contributed by atoms with Crippen molar-refractivity contribution in [3.05, 3.63) is 34.4 Å². The maximum Gasteiger partial charge on any atom is 0.323 e. The SMILES string of the molecule is Cc1[nH]nc(N)c1-c1ccc2[nH]c(=O)[nH]c2c1. The van der Waals surface area contributed by atoms with Crippen LogP contribution in [-0.2, 0) is 0 Å². The van der Waals surface area contributed by atoms with Crippen LogP contribution in [0, 0.1) is 6.92 Å². The maximum atomic E-state index is 11.2. The Hall–Kier alpha value is -2.50. The highest BCUT2D eigenvalue weighted by Crippen LogP contribution is 2.28. The molecule has 0 spiro atoms. The van der Waals surface area contributed by atoms with E-state index in [1.54, 1.807) is 0 Å². The summed E-state index contributed by atoms with van der Waals surface area (Å²) in [5.74, 6) is 0.458. The highest BCUT2D eigenvalue weighted by Gasteiger charge is 2.10. The second-order valence-corrected chi connectivity index (χ2v) is 3.95. The van der Waals surface area contributed by atoms with Crippen molar-refractivity contribution in [3.63, 3.8) is 0 Å². The van der Waals surface area contributed by atoms with Gasteiger partial charge in [-0.1, -0.05) is 6.07 Å². The van der Waals surface area contributed by atoms with Gasteiger partial charge in [0.05, 0.1) is 11.0 Å². The van der Waals surface area contributed by atoms with Gasteiger partial charge >= 0.3 is 5.69 Å². The van der Waals surface area contributed by atoms with Crippen LogP contribution < -0.4 is 11.4 Å². The van der Waals surface area contributed by atoms with Crippen molar-refractivity contribution in [2.75, 3.05) is 5.73 Å². The Morgan fingerprint density at radius 2 is 2.00 bits per heavy atom. The number of nitrogen functional groups attached to an aromatic ring is 1. The molecular formula is C11H11N5O. The minimum atomic E-state index is -0.214. The van der Waals surface area contributed by atoms with E-state index in [1.165, 1.54) is 0 Å². The lowest BCUT2D eigenvalue weighted by molar-refractivity contribution is 1.05. The molecule has 0 saturated heterocycles. The lowest BCUT2D eigenvalue weighted by Crippen LogP contribution is -1.99. The van der Waals surface area contributed by atoms with Crippen LogP contribution in [0.1, 0.15) is 5.69 Å². The van der Waals surface area contributed by atoms with Gasteiger partial charge in [0.15, 0.2) is 5.82 Å². The lowest BCUT2D eigenvalue weighted by Gasteiger charge is -2.01. The molecule has 0 fully saturated rings. The van der Waals surface area contributed by atoms with Crippen LogP contribution in [0.2, 0.25) is 0 Å². The lowest BCUT2D eigenvalue weighted by atomic mass is 10.1. The zero-order valence-corrected chi connectivity index (χ0v) is 9.16. The smallest absolute Gasteiger partial charge is 0.323 e. The van der Waals surface area contributed by atoms with E-state index in [0.717, 1.165) is 27.9 Å². The average Bonchev–Trinajstić information content (AvgIpc) is 2.80. The first-order chi connectivity index (χ1) is 8.15. The number of aryl methyl sites for hydroxylation is 1. The van der Waals surface area contributed by atoms with Crippen LogP contribution in [0.5, 0.6) is 0 Å². The number of rotatable bonds is 1. The molecule has 0 amide bonds. The fraction of sp³-hybridized carbons (Fsp3) is 0.0909. The summed E-state index contributed by atoms with van der Waals surface area (Å²) in [7, 11) is 0. The van der Waals surface area contributed by atoms with E-state index in [9.17, 15) is 4.79 Å². The molecule has 5 N–H and O–H groups in total. The highest BCUT2D eigenvalue weighted by atomic mass is 16.1. The number of fused-ring (bicyclic) bond motifs is 1. The molecule has 0 saturated carbocycles. The third kappa shape index (κ3) is 1.42. The molecule has 86 valence electrons. The van der Waals surface area contributed by atoms with Gasteiger partial charge in [-0.15, -0.1) is 0 Å². The first-order valence-electron chi connectivity index (χ1n) is 5.18. The normalized spacial score (nSPS) is 11.1. The standard InChI is InChI=1S/C11H11N5O/c1-5-9(10(12)16-15-5)6-2-3-7-8(4-6)14-11(17)13-7/h2-4H,1H3,(H3,12,15,16)(H2,13,14,17). The Morgan fingerprint density at radius 3 is 2.71 bits per heavy atom. The zero-order chi connectivity index (χ0) is 12.0. The molecular weight excluding hydrogens is 218 g/mol. The van der Waals surface area contributed by atoms with E-state index in [0.29, 0.717) is 5.82 Å². The number of anilines is 1. The quantitative estimate of drug-likeness (QED) is 0.503. The Kier molecular flexibility index (Phi) is 1.85. The molecule has 0 atom stereocenters. The molecule has 0 bridgehead atoms. The molecule has 6 nitrogen and oxygen atoms in total. The number of imidazole rings is 1. The van der Waals surface area contributed by atoms with Gasteiger partial charge in [-0.2, -0.15) is 5.10 Å². The highest BCUT2D eigenvalue weighted by molar-refractivity contribution is 5.85. The van der Waals surface area contributed by atoms with Gasteiger partial charge in [0.25, 0.3) is 0 Å². The Bertz CT molecular complexity index is 729. The Balaban J connectivity index is 2.27. The topological polar surface area (TPSA) is 103 Å². The molecule has 3 aromatic rings. The van der Waals surface area contributed by atoms with Gasteiger partial charge in [0, 0.05) is 11.3 Å². The maximum absolute atomic E-state index is 11.2. The zero-order valence-electron chi connectivity index (χ0n) is 9.16. The van der Waals surface area contributed by atoms with E-state index in [4.69, 9.17) is 5.73 Å². The third-order valence-corrected chi connectivity index (χ3v) is 2.78. The average molecular weight is 229 g/mol. The fourth-order valence-electron chi connectivity index (χ4n) is 2.00. The molecule has 0 aliphatic carbocycles. The number of hydrogen-bond acceptors (Lipinski definition) is 3. The van der Waals surface area contributed by atoms with Crippen molar-refractivity contribution < 1.29 is 0 Å². The van der Waals surface area contributed by atoms with Crippen molar-refractivity contribution in [1.29, 1.82) is 0 Å². The summed E-state index contributed by atoms with van der Waals surface area (Å²) < 4.78 is 0. The van der Waals surface area contributed by atoms with E-state index < -0.39 is 0 Å². The third-order valence-electron chi connectivity index (χ3n) is 2.78. The van der Waals surface area contributed by atoms with Crippen LogP contribution in [0.3, 0.4) is 0 Å². The van der Waals surface area contributed by atoms with Crippen LogP contribution in [-0.4, -0.2) is 20.2 Å². The molecule has 6 heteroatoms. The summed E-state index contributed by atoms with van der Waals surface area (Å²) in [6, 6.07) is 5.62. The molecule has 3 rings (SSSR count). The van der Waals surface area contributed by atoms with Crippen molar-refractivity contribution in [1.82, 2.24) is 20.2 Å². The van der Waals surface area contributed by atoms with Crippen LogP contribution in [0.4, 0.5) is 5.82 Å². The summed E-state index contributed by atoms with van der Waals surface area (Å²) in [5.41, 5.74) is 9.82. The summed E-state index contributed by atoms with van der Waals surface area (Å²) >= 11 is 0. The number of H-pyrrole nitrogens is 3. The van der Waals surface area contributed by atoms with Crippen molar-refractivity contribution in [2.45, 2.75) is 6.92 Å². The number of nitrogens with two attached hydrogens (primary N) is 1. The van der Waals surface area contributed by atoms with E-state index in [1.807, 2.05) is 25.1 Å². The van der Waals surface area contributed by atoms with Crippen LogP contribution >= 0.6 is 0 Å². The number of aromatic amines is 3. The van der Waals surface area contributed by atoms with Crippen molar-refractivity contribution in [3.8, 4) is 11.1 Å². The first kappa shape index (κ1) is 9.71. The van der Waals surface area contributed by atoms with Gasteiger partial charge in [-0.05, 0) is 24.6 Å². The van der Waals surface area contributed by atoms with Gasteiger partial charge in [0.1, 0.15) is 0 Å². The molecule has 2 heterocycles. The van der Waals surface area contributed by atoms with Crippen molar-refractivity contribution >= 4 is 16.9 Å². The minimum absolute atomic E-state index is 0.214. The number of nitrogens with one attached hydrogen (secondary N) is 3. The molecule has 0 aliphatic heterocycles. The number of aromatic nitrogens is 4. The predicted molar refractivity (Wildman–Crippen MR) is 65.7 cm³/mol. The van der Waals surface area contributed by atoms with Gasteiger partial charge in [0.2, 0.25) is 0 Å². The molecule has 2 aromatic heterocycles. The Morgan fingerprint density at radius 1 is 1.24 bits per heavy atom. The van der Waals surface area contributed by atoms with Crippen LogP contribution in [0.15, 0.2) is 23.0 Å². The Labute approximate surface area is 95.9 Å². The van der Waals surface area contributed by atoms with Crippen LogP contribution in [0.25, 0.3) is 22.2 Å². The second kappa shape index (κ2) is 3.24. The molecule has 1 aromatic carbocycles. The summed E-state index contributed by atoms with van der Waals surface area (Å²) in [4.78, 5) is 16.6. The molecule has 17 heavy (non-hydrogen) atoms. The fourth-order valence-corrected chi connectivity index (χ4v) is 2.00. The largest absolute Gasteiger partial charge is 0.382 e. The summed E-state index contributed by atoms with van der Waals surface area (Å²) in [6.45, 7) is 1.91. The van der Waals surface area contributed by atoms with E-state index in [2.05, 4.69) is 20.2 Å². The number of nitrogens with zero attached hydrogens (tertiary/aromatic N) is 1. The summed E-state index contributed by atoms with van der Waals surface area (Å²) in [5, 5.41) is 6.78. The van der Waals surface area contributed by atoms with Gasteiger partial charge < -0.3 is 15.7 Å². The number of benzene rings is 1. The predicted octanol–water partition coefficient (Wildman–Crippen LogP) is 1.14. The second-order valence-electron chi connectivity index (χ2n) is 3.95. The number of hydrogen-bond donors (Lipinski definition) is 4. The first-order valence-corrected chi connectivity index (χ1v) is 5.18. The molecule has 0 aliphatic rings. The van der Waals surface area contributed by atoms with E-state index >= 15 is 0 Å². The van der Waals surface area contributed by atoms with Gasteiger partial charge in [-0.25, -0.2) is 4.79 Å². The van der Waals surface area contributed by atoms with E-state index in [-0.39, 0.29) is 5.69 Å². The minimum Gasteiger partial charge on any atom is -0.382 e. The summed E-state index contributed by atoms with van der Waals surface area (Å²) in [6.07, 6.45) is 0.